The van der Waals surface area contributed by atoms with Gasteiger partial charge in [-0.3, -0.25) is 14.7 Å². The van der Waals surface area contributed by atoms with Crippen molar-refractivity contribution in [2.45, 2.75) is 72.1 Å². The van der Waals surface area contributed by atoms with Crippen molar-refractivity contribution in [2.75, 3.05) is 0 Å². The Kier molecular flexibility index (Phi) is 5.82. The van der Waals surface area contributed by atoms with Crippen LogP contribution < -0.4 is 5.43 Å². The number of nitrogens with one attached hydrogen (secondary N) is 1. The molecule has 3 heterocycles. The second-order valence-corrected chi connectivity index (χ2v) is 9.08. The van der Waals surface area contributed by atoms with Crippen molar-refractivity contribution in [1.82, 2.24) is 14.9 Å². The molecule has 1 N–H and O–H groups in total. The summed E-state index contributed by atoms with van der Waals surface area (Å²) in [7, 11) is 0. The van der Waals surface area contributed by atoms with Gasteiger partial charge in [-0.25, -0.2) is 4.79 Å². The molecular weight excluding hydrogens is 366 g/mol. The molecule has 1 aliphatic heterocycles. The lowest BCUT2D eigenvalue weighted by molar-refractivity contribution is -0.0153. The van der Waals surface area contributed by atoms with Crippen LogP contribution in [-0.2, 0) is 4.74 Å². The number of rotatable bonds is 2. The summed E-state index contributed by atoms with van der Waals surface area (Å²) in [4.78, 5) is 35.3. The lowest BCUT2D eigenvalue weighted by atomic mass is 9.83. The van der Waals surface area contributed by atoms with E-state index >= 15 is 0 Å². The van der Waals surface area contributed by atoms with E-state index in [1.54, 1.807) is 17.3 Å². The van der Waals surface area contributed by atoms with Crippen LogP contribution in [0.2, 0.25) is 0 Å². The molecule has 1 saturated heterocycles. The Balaban J connectivity index is 2.14. The number of aromatic amines is 1. The van der Waals surface area contributed by atoms with E-state index < -0.39 is 5.60 Å². The molecule has 3 atom stereocenters. The van der Waals surface area contributed by atoms with Crippen molar-refractivity contribution < 1.29 is 9.53 Å². The second kappa shape index (κ2) is 8.01. The van der Waals surface area contributed by atoms with E-state index in [1.165, 1.54) is 6.07 Å². The first-order chi connectivity index (χ1) is 13.6. The number of ether oxygens (including phenoxy) is 1. The Morgan fingerprint density at radius 1 is 1.21 bits per heavy atom. The quantitative estimate of drug-likeness (QED) is 0.787. The first kappa shape index (κ1) is 21.1. The number of aromatic nitrogens is 2. The highest BCUT2D eigenvalue weighted by Gasteiger charge is 2.42. The topological polar surface area (TPSA) is 75.3 Å². The van der Waals surface area contributed by atoms with Gasteiger partial charge < -0.3 is 9.72 Å². The Hall–Kier alpha value is -2.63. The van der Waals surface area contributed by atoms with E-state index in [4.69, 9.17) is 4.74 Å². The van der Waals surface area contributed by atoms with Gasteiger partial charge in [-0.1, -0.05) is 13.0 Å². The predicted octanol–water partition coefficient (Wildman–Crippen LogP) is 4.84. The van der Waals surface area contributed by atoms with Gasteiger partial charge in [0.25, 0.3) is 0 Å². The van der Waals surface area contributed by atoms with E-state index in [-0.39, 0.29) is 23.6 Å². The van der Waals surface area contributed by atoms with E-state index in [0.717, 1.165) is 29.8 Å². The van der Waals surface area contributed by atoms with Crippen molar-refractivity contribution >= 4 is 6.09 Å². The maximum atomic E-state index is 13.4. The number of hydrogen-bond donors (Lipinski definition) is 1. The van der Waals surface area contributed by atoms with Gasteiger partial charge in [-0.2, -0.15) is 0 Å². The van der Waals surface area contributed by atoms with Crippen LogP contribution in [0, 0.1) is 19.8 Å². The van der Waals surface area contributed by atoms with Crippen molar-refractivity contribution in [3.8, 4) is 0 Å². The number of H-pyrrole nitrogens is 1. The molecule has 2 aromatic rings. The fraction of sp³-hybridized carbons (Fsp3) is 0.522. The number of piperidine rings is 1. The third-order valence-corrected chi connectivity index (χ3v) is 5.47. The number of carbonyl (C=O) groups is 1. The molecule has 0 bridgehead atoms. The molecule has 3 unspecified atom stereocenters. The Morgan fingerprint density at radius 2 is 1.90 bits per heavy atom. The number of pyridine rings is 2. The van der Waals surface area contributed by atoms with Crippen LogP contribution in [-0.4, -0.2) is 26.6 Å². The van der Waals surface area contributed by atoms with Crippen LogP contribution in [0.5, 0.6) is 0 Å². The minimum Gasteiger partial charge on any atom is -0.444 e. The summed E-state index contributed by atoms with van der Waals surface area (Å²) >= 11 is 0. The lowest BCUT2D eigenvalue weighted by Crippen LogP contribution is -2.46. The molecule has 2 aromatic heterocycles. The minimum absolute atomic E-state index is 0.0355. The second-order valence-electron chi connectivity index (χ2n) is 9.08. The molecule has 0 saturated carbocycles. The molecule has 0 aromatic carbocycles. The van der Waals surface area contributed by atoms with Gasteiger partial charge in [0.05, 0.1) is 17.8 Å². The number of aryl methyl sites for hydroxylation is 1. The van der Waals surface area contributed by atoms with Crippen LogP contribution in [0.15, 0.2) is 35.4 Å². The summed E-state index contributed by atoms with van der Waals surface area (Å²) in [6.07, 6.45) is 4.58. The van der Waals surface area contributed by atoms with Gasteiger partial charge in [0, 0.05) is 29.7 Å². The fourth-order valence-corrected chi connectivity index (χ4v) is 4.14. The largest absolute Gasteiger partial charge is 0.444 e. The zero-order chi connectivity index (χ0) is 21.3. The zero-order valence-electron chi connectivity index (χ0n) is 18.2. The minimum atomic E-state index is -0.618. The van der Waals surface area contributed by atoms with Gasteiger partial charge >= 0.3 is 6.09 Å². The van der Waals surface area contributed by atoms with Gasteiger partial charge in [-0.15, -0.1) is 0 Å². The Labute approximate surface area is 172 Å². The van der Waals surface area contributed by atoms with E-state index in [9.17, 15) is 9.59 Å². The SMILES string of the molecule is Cc1cccnc1C1CC(C)CC(c2[nH]ccc(=O)c2C)N1C(=O)OC(C)(C)C. The fourth-order valence-electron chi connectivity index (χ4n) is 4.14. The first-order valence-electron chi connectivity index (χ1n) is 10.2. The van der Waals surface area contributed by atoms with Crippen LogP contribution >= 0.6 is 0 Å². The molecule has 6 heteroatoms. The van der Waals surface area contributed by atoms with Crippen LogP contribution in [0.25, 0.3) is 0 Å². The third kappa shape index (κ3) is 4.52. The van der Waals surface area contributed by atoms with Gasteiger partial charge in [-0.05, 0) is 65.0 Å². The molecule has 1 fully saturated rings. The smallest absolute Gasteiger partial charge is 0.411 e. The van der Waals surface area contributed by atoms with E-state index in [0.29, 0.717) is 11.5 Å². The van der Waals surface area contributed by atoms with Crippen molar-refractivity contribution in [3.63, 3.8) is 0 Å². The molecule has 6 nitrogen and oxygen atoms in total. The van der Waals surface area contributed by atoms with Crippen molar-refractivity contribution in [2.24, 2.45) is 5.92 Å². The van der Waals surface area contributed by atoms with Gasteiger partial charge in [0.1, 0.15) is 5.60 Å². The monoisotopic (exact) mass is 397 g/mol. The third-order valence-electron chi connectivity index (χ3n) is 5.47. The van der Waals surface area contributed by atoms with Crippen molar-refractivity contribution in [3.05, 3.63) is 63.3 Å². The molecule has 0 spiro atoms. The average molecular weight is 398 g/mol. The highest BCUT2D eigenvalue weighted by Crippen LogP contribution is 2.45. The summed E-state index contributed by atoms with van der Waals surface area (Å²) in [5.41, 5.74) is 2.67. The van der Waals surface area contributed by atoms with Gasteiger partial charge in [0.15, 0.2) is 5.43 Å². The van der Waals surface area contributed by atoms with Crippen LogP contribution in [0.1, 0.15) is 75.1 Å². The summed E-state index contributed by atoms with van der Waals surface area (Å²) in [5, 5.41) is 0. The first-order valence-corrected chi connectivity index (χ1v) is 10.2. The number of likely N-dealkylation sites (tertiary alicyclic amines) is 1. The van der Waals surface area contributed by atoms with Crippen LogP contribution in [0.3, 0.4) is 0 Å². The predicted molar refractivity (Wildman–Crippen MR) is 113 cm³/mol. The summed E-state index contributed by atoms with van der Waals surface area (Å²) in [6.45, 7) is 11.6. The standard InChI is InChI=1S/C23H31N3O3/c1-14-12-17(20-15(2)8-7-10-24-20)26(22(28)29-23(4,5)6)18(13-14)21-16(3)19(27)9-11-25-21/h7-11,14,17-18H,12-13H2,1-6H3,(H,25,27). The highest BCUT2D eigenvalue weighted by molar-refractivity contribution is 5.70. The normalized spacial score (nSPS) is 22.4. The molecule has 29 heavy (non-hydrogen) atoms. The molecule has 3 rings (SSSR count). The lowest BCUT2D eigenvalue weighted by Gasteiger charge is -2.45. The van der Waals surface area contributed by atoms with E-state index in [1.807, 2.05) is 46.8 Å². The summed E-state index contributed by atoms with van der Waals surface area (Å²) in [5.74, 6) is 0.355. The summed E-state index contributed by atoms with van der Waals surface area (Å²) in [6, 6.07) is 4.93. The molecule has 0 radical (unpaired) electrons. The van der Waals surface area contributed by atoms with Gasteiger partial charge in [0.2, 0.25) is 0 Å². The average Bonchev–Trinajstić information content (AvgIpc) is 2.62. The van der Waals surface area contributed by atoms with Crippen LogP contribution in [0.4, 0.5) is 4.79 Å². The summed E-state index contributed by atoms with van der Waals surface area (Å²) < 4.78 is 5.79. The number of amides is 1. The molecule has 1 aliphatic rings. The molecular formula is C23H31N3O3. The Morgan fingerprint density at radius 3 is 2.55 bits per heavy atom. The number of nitrogens with zero attached hydrogens (tertiary/aromatic N) is 2. The molecule has 0 aliphatic carbocycles. The maximum absolute atomic E-state index is 13.4. The molecule has 156 valence electrons. The zero-order valence-corrected chi connectivity index (χ0v) is 18.2. The van der Waals surface area contributed by atoms with E-state index in [2.05, 4.69) is 16.9 Å². The number of carbonyl (C=O) groups excluding carboxylic acids is 1. The molecule has 1 amide bonds. The Bertz CT molecular complexity index is 945. The van der Waals surface area contributed by atoms with Crippen molar-refractivity contribution in [1.29, 1.82) is 0 Å². The maximum Gasteiger partial charge on any atom is 0.411 e. The number of hydrogen-bond acceptors (Lipinski definition) is 4. The highest BCUT2D eigenvalue weighted by atomic mass is 16.6.